The maximum absolute atomic E-state index is 13.2. The van der Waals surface area contributed by atoms with Gasteiger partial charge in [-0.05, 0) is 12.5 Å². The van der Waals surface area contributed by atoms with Gasteiger partial charge in [0.05, 0.1) is 18.3 Å². The Labute approximate surface area is 160 Å². The molecule has 1 fully saturated rings. The molecule has 3 atom stereocenters. The number of hydrogen-bond acceptors (Lipinski definition) is 6. The van der Waals surface area contributed by atoms with Gasteiger partial charge in [-0.15, -0.1) is 0 Å². The number of hydroxylamine groups is 2. The number of urea groups is 1. The second kappa shape index (κ2) is 8.36. The molecule has 0 aromatic rings. The molecule has 26 heavy (non-hydrogen) atoms. The number of fused-ring (bicyclic) bond motifs is 2. The van der Waals surface area contributed by atoms with Gasteiger partial charge in [-0.1, -0.05) is 6.08 Å². The van der Waals surface area contributed by atoms with Crippen LogP contribution in [-0.2, 0) is 24.4 Å². The number of nitrogens with two attached hydrogens (primary N) is 1. The van der Waals surface area contributed by atoms with Crippen LogP contribution in [0.25, 0.3) is 0 Å². The average Bonchev–Trinajstić information content (AvgIpc) is 2.71. The predicted octanol–water partition coefficient (Wildman–Crippen LogP) is -2.51. The Hall–Kier alpha value is -1.65. The zero-order chi connectivity index (χ0) is 18.9. The third-order valence-electron chi connectivity index (χ3n) is 3.65. The molecule has 2 heterocycles. The van der Waals surface area contributed by atoms with E-state index >= 15 is 0 Å². The van der Waals surface area contributed by atoms with Gasteiger partial charge in [0.25, 0.3) is 0 Å². The third-order valence-corrected chi connectivity index (χ3v) is 4.43. The predicted molar refractivity (Wildman–Crippen MR) is 87.0 cm³/mol. The van der Waals surface area contributed by atoms with Gasteiger partial charge in [0.2, 0.25) is 15.9 Å². The number of nitrogens with zero attached hydrogens (tertiary/aromatic N) is 2. The van der Waals surface area contributed by atoms with Crippen molar-refractivity contribution >= 4 is 46.8 Å². The number of amides is 3. The van der Waals surface area contributed by atoms with E-state index in [1.54, 1.807) is 6.92 Å². The molecule has 0 saturated carbocycles. The Morgan fingerprint density at radius 3 is 2.69 bits per heavy atom. The summed E-state index contributed by atoms with van der Waals surface area (Å²) in [7, 11) is -3.75. The first-order chi connectivity index (χ1) is 11.5. The van der Waals surface area contributed by atoms with Gasteiger partial charge < -0.3 is 15.3 Å². The van der Waals surface area contributed by atoms with Crippen LogP contribution in [0.2, 0.25) is 0 Å². The summed E-state index contributed by atoms with van der Waals surface area (Å²) in [6.07, 6.45) is -1.24. The monoisotopic (exact) mass is 388 g/mol. The van der Waals surface area contributed by atoms with Gasteiger partial charge >= 0.3 is 37.2 Å². The van der Waals surface area contributed by atoms with Crippen molar-refractivity contribution in [3.63, 3.8) is 0 Å². The van der Waals surface area contributed by atoms with Crippen LogP contribution in [0.15, 0.2) is 11.6 Å². The number of nitrogens with one attached hydrogen (secondary N) is 1. The number of alkyl halides is 1. The van der Waals surface area contributed by atoms with Crippen molar-refractivity contribution < 1.29 is 37.1 Å². The maximum atomic E-state index is 13.2. The Bertz CT molecular complexity index is 731. The first-order valence-corrected chi connectivity index (χ1v) is 8.83. The second-order valence-corrected chi connectivity index (χ2v) is 7.29. The van der Waals surface area contributed by atoms with E-state index in [4.69, 9.17) is 10.2 Å². The first kappa shape index (κ1) is 22.4. The molecule has 4 N–H and O–H groups in total. The minimum absolute atomic E-state index is 0. The van der Waals surface area contributed by atoms with Gasteiger partial charge in [-0.3, -0.25) is 4.79 Å². The molecular formula is C12H18FLiN4O7S. The van der Waals surface area contributed by atoms with Crippen LogP contribution in [0.3, 0.4) is 0 Å². The number of halogens is 1. The van der Waals surface area contributed by atoms with Crippen LogP contribution in [0.1, 0.15) is 6.92 Å². The molecule has 0 aromatic heterocycles. The molecule has 3 amide bonds. The number of rotatable bonds is 7. The summed E-state index contributed by atoms with van der Waals surface area (Å²) in [5.74, 6) is -2.99. The van der Waals surface area contributed by atoms with E-state index in [0.29, 0.717) is 10.6 Å². The van der Waals surface area contributed by atoms with E-state index in [1.807, 2.05) is 0 Å². The Kier molecular flexibility index (Phi) is 7.20. The van der Waals surface area contributed by atoms with E-state index in [-0.39, 0.29) is 32.0 Å². The average molecular weight is 388 g/mol. The van der Waals surface area contributed by atoms with Crippen molar-refractivity contribution in [3.8, 4) is 0 Å². The molecule has 0 spiro atoms. The number of carbonyl (C=O) groups excluding carboxylic acids is 2. The number of carboxylic acid groups (broad SMARTS) is 1. The molecule has 2 aliphatic heterocycles. The fraction of sp³-hybridized carbons (Fsp3) is 0.583. The molecule has 2 bridgehead atoms. The Morgan fingerprint density at radius 1 is 1.54 bits per heavy atom. The van der Waals surface area contributed by atoms with Gasteiger partial charge in [0.1, 0.15) is 6.04 Å². The van der Waals surface area contributed by atoms with Gasteiger partial charge in [-0.2, -0.15) is 5.06 Å². The topological polar surface area (TPSA) is 159 Å². The number of aliphatic carboxylic acids is 1. The van der Waals surface area contributed by atoms with Crippen molar-refractivity contribution in [2.75, 3.05) is 18.8 Å². The summed E-state index contributed by atoms with van der Waals surface area (Å²) in [6, 6.07) is -2.65. The first-order valence-electron chi connectivity index (χ1n) is 7.11. The molecule has 11 nitrogen and oxygen atoms in total. The van der Waals surface area contributed by atoms with Crippen molar-refractivity contribution in [1.29, 1.82) is 0 Å². The fourth-order valence-electron chi connectivity index (χ4n) is 2.63. The molecule has 2 rings (SSSR count). The Morgan fingerprint density at radius 2 is 2.15 bits per heavy atom. The van der Waals surface area contributed by atoms with Crippen molar-refractivity contribution in [2.45, 2.75) is 25.4 Å². The number of sulfonamides is 1. The molecular weight excluding hydrogens is 370 g/mol. The molecule has 2 aliphatic rings. The van der Waals surface area contributed by atoms with Crippen LogP contribution >= 0.6 is 0 Å². The van der Waals surface area contributed by atoms with Crippen molar-refractivity contribution in [2.24, 2.45) is 5.14 Å². The number of primary sulfonamides is 1. The van der Waals surface area contributed by atoms with E-state index in [2.05, 4.69) is 10.2 Å². The number of carbonyl (C=O) groups is 3. The normalized spacial score (nSPS) is 23.2. The summed E-state index contributed by atoms with van der Waals surface area (Å²) in [5, 5.41) is 16.3. The van der Waals surface area contributed by atoms with Crippen LogP contribution in [0, 0.1) is 0 Å². The fourth-order valence-corrected chi connectivity index (χ4v) is 3.02. The number of hydrogen-bond donors (Lipinski definition) is 3. The molecule has 0 unspecified atom stereocenters. The second-order valence-electron chi connectivity index (χ2n) is 5.56. The van der Waals surface area contributed by atoms with E-state index in [9.17, 15) is 27.2 Å². The molecule has 142 valence electrons. The zero-order valence-electron chi connectivity index (χ0n) is 13.1. The SMILES string of the molecule is CC1=C[C@@H]2CN(C(=O)N2O[C@@H](F)C(=O)O)[C@@H]1C(=O)NCCS(N)(=O)=O.[LiH]. The molecule has 14 heteroatoms. The molecule has 0 radical (unpaired) electrons. The number of carboxylic acids is 1. The minimum atomic E-state index is -3.75. The quantitative estimate of drug-likeness (QED) is 0.321. The standard InChI is InChI=1S/C12H17FN4O7S.Li.H/c1-6-4-7-5-16(12(21)17(7)24-9(13)11(19)20)8(6)10(18)15-2-3-25(14,22)23;;/h4,7-9H,2-3,5H2,1H3,(H,15,18)(H,19,20)(H2,14,22,23);;/t7-,8+,9-;;/m1../s1. The summed E-state index contributed by atoms with van der Waals surface area (Å²) in [6.45, 7) is 1.32. The summed E-state index contributed by atoms with van der Waals surface area (Å²) in [4.78, 5) is 40.7. The van der Waals surface area contributed by atoms with Crippen LogP contribution < -0.4 is 10.5 Å². The van der Waals surface area contributed by atoms with E-state index in [0.717, 1.165) is 4.90 Å². The van der Waals surface area contributed by atoms with Crippen molar-refractivity contribution in [3.05, 3.63) is 11.6 Å². The van der Waals surface area contributed by atoms with Crippen molar-refractivity contribution in [1.82, 2.24) is 15.3 Å². The summed E-state index contributed by atoms with van der Waals surface area (Å²) < 4.78 is 35.0. The molecule has 0 aromatic carbocycles. The molecule has 0 aliphatic carbocycles. The summed E-state index contributed by atoms with van der Waals surface area (Å²) >= 11 is 0. The van der Waals surface area contributed by atoms with Crippen LogP contribution in [0.4, 0.5) is 9.18 Å². The third kappa shape index (κ3) is 4.95. The van der Waals surface area contributed by atoms with Gasteiger partial charge in [-0.25, -0.2) is 32.4 Å². The Balaban J connectivity index is 0.00000338. The van der Waals surface area contributed by atoms with Crippen LogP contribution in [0.5, 0.6) is 0 Å². The van der Waals surface area contributed by atoms with Gasteiger partial charge in [0.15, 0.2) is 0 Å². The van der Waals surface area contributed by atoms with Crippen LogP contribution in [-0.4, -0.2) is 97.5 Å². The van der Waals surface area contributed by atoms with E-state index in [1.165, 1.54) is 6.08 Å². The molecule has 1 saturated heterocycles. The zero-order valence-corrected chi connectivity index (χ0v) is 13.9. The van der Waals surface area contributed by atoms with Gasteiger partial charge in [0, 0.05) is 6.54 Å². The van der Waals surface area contributed by atoms with E-state index < -0.39 is 52.1 Å². The summed E-state index contributed by atoms with van der Waals surface area (Å²) in [5.41, 5.74) is 0.453.